The number of carbonyl (C=O) groups excluding carboxylic acids is 3. The number of rotatable bonds is 7. The van der Waals surface area contributed by atoms with Crippen LogP contribution in [0.3, 0.4) is 0 Å². The summed E-state index contributed by atoms with van der Waals surface area (Å²) in [6, 6.07) is 4.25. The highest BCUT2D eigenvalue weighted by atomic mass is 16.6. The number of anilines is 2. The van der Waals surface area contributed by atoms with E-state index in [0.717, 1.165) is 19.3 Å². The van der Waals surface area contributed by atoms with Gasteiger partial charge in [0.1, 0.15) is 17.4 Å². The Morgan fingerprint density at radius 3 is 2.29 bits per heavy atom. The summed E-state index contributed by atoms with van der Waals surface area (Å²) in [5.74, 6) is 1.21. The van der Waals surface area contributed by atoms with Crippen LogP contribution in [0.2, 0.25) is 0 Å². The molecule has 1 aromatic rings. The third-order valence-corrected chi connectivity index (χ3v) is 6.23. The minimum Gasteiger partial charge on any atom is -0.497 e. The van der Waals surface area contributed by atoms with Crippen LogP contribution < -0.4 is 20.7 Å². The molecule has 3 N–H and O–H groups in total. The molecule has 0 bridgehead atoms. The summed E-state index contributed by atoms with van der Waals surface area (Å²) in [6.07, 6.45) is 2.35. The van der Waals surface area contributed by atoms with Crippen molar-refractivity contribution in [2.24, 2.45) is 23.7 Å². The molecule has 34 heavy (non-hydrogen) atoms. The van der Waals surface area contributed by atoms with Crippen LogP contribution in [0.25, 0.3) is 0 Å². The number of benzene rings is 1. The van der Waals surface area contributed by atoms with Crippen LogP contribution in [0.5, 0.6) is 5.75 Å². The number of methoxy groups -OCH3 is 1. The van der Waals surface area contributed by atoms with Gasteiger partial charge in [-0.15, -0.1) is 0 Å². The summed E-state index contributed by atoms with van der Waals surface area (Å²) in [6.45, 7) is 13.3. The molecule has 4 atom stereocenters. The monoisotopic (exact) mass is 475 g/mol. The van der Waals surface area contributed by atoms with E-state index in [4.69, 9.17) is 9.47 Å². The molecule has 0 aromatic heterocycles. The van der Waals surface area contributed by atoms with Crippen LogP contribution in [0.1, 0.15) is 67.7 Å². The van der Waals surface area contributed by atoms with Gasteiger partial charge in [-0.25, -0.2) is 4.79 Å². The van der Waals surface area contributed by atoms with Crippen LogP contribution in [0.15, 0.2) is 18.2 Å². The quantitative estimate of drug-likeness (QED) is 0.503. The minimum absolute atomic E-state index is 0.0363. The van der Waals surface area contributed by atoms with Gasteiger partial charge in [-0.1, -0.05) is 27.2 Å². The lowest BCUT2D eigenvalue weighted by molar-refractivity contribution is -0.124. The first kappa shape index (κ1) is 27.5. The van der Waals surface area contributed by atoms with Crippen molar-refractivity contribution >= 4 is 29.3 Å². The molecule has 8 heteroatoms. The van der Waals surface area contributed by atoms with Gasteiger partial charge in [0, 0.05) is 12.0 Å². The highest BCUT2D eigenvalue weighted by Crippen LogP contribution is 2.39. The molecule has 1 aliphatic carbocycles. The van der Waals surface area contributed by atoms with Gasteiger partial charge in [0.2, 0.25) is 11.8 Å². The molecule has 8 nitrogen and oxygen atoms in total. The summed E-state index contributed by atoms with van der Waals surface area (Å²) >= 11 is 0. The van der Waals surface area contributed by atoms with E-state index in [2.05, 4.69) is 36.7 Å². The standard InChI is InChI=1S/C26H41N3O5/c1-15(2)19-11-9-16(3)13-20(19)24(31)28-21-12-10-18(33-8)14-22(21)29-23(30)17(4)27-25(32)34-26(5,6)7/h10,12,14-17,19-20H,9,11,13H2,1-8H3,(H,27,32)(H,28,31)(H,29,30)/t16?,17-,19+,20?/m1/s1. The second-order valence-electron chi connectivity index (χ2n) is 10.7. The van der Waals surface area contributed by atoms with E-state index >= 15 is 0 Å². The fourth-order valence-corrected chi connectivity index (χ4v) is 4.38. The Kier molecular flexibility index (Phi) is 9.36. The fourth-order valence-electron chi connectivity index (χ4n) is 4.38. The third-order valence-electron chi connectivity index (χ3n) is 6.23. The van der Waals surface area contributed by atoms with Crippen molar-refractivity contribution in [3.63, 3.8) is 0 Å². The van der Waals surface area contributed by atoms with Crippen LogP contribution >= 0.6 is 0 Å². The Morgan fingerprint density at radius 1 is 1.03 bits per heavy atom. The second-order valence-corrected chi connectivity index (χ2v) is 10.7. The van der Waals surface area contributed by atoms with Crippen molar-refractivity contribution in [1.29, 1.82) is 0 Å². The maximum atomic E-state index is 13.3. The number of nitrogens with one attached hydrogen (secondary N) is 3. The first-order chi connectivity index (χ1) is 15.8. The second kappa shape index (κ2) is 11.6. The molecule has 1 aliphatic rings. The Hall–Kier alpha value is -2.77. The highest BCUT2D eigenvalue weighted by molar-refractivity contribution is 6.02. The molecular formula is C26H41N3O5. The lowest BCUT2D eigenvalue weighted by atomic mass is 9.70. The summed E-state index contributed by atoms with van der Waals surface area (Å²) in [7, 11) is 1.53. The van der Waals surface area contributed by atoms with Crippen LogP contribution in [0.4, 0.5) is 16.2 Å². The van der Waals surface area contributed by atoms with Crippen molar-refractivity contribution < 1.29 is 23.9 Å². The van der Waals surface area contributed by atoms with Gasteiger partial charge >= 0.3 is 6.09 Å². The maximum Gasteiger partial charge on any atom is 0.408 e. The zero-order valence-corrected chi connectivity index (χ0v) is 21.8. The minimum atomic E-state index is -0.853. The zero-order chi connectivity index (χ0) is 25.6. The summed E-state index contributed by atoms with van der Waals surface area (Å²) in [4.78, 5) is 38.1. The SMILES string of the molecule is COc1ccc(NC(=O)C2CC(C)CC[C@H]2C(C)C)c(NC(=O)[C@@H](C)NC(=O)OC(C)(C)C)c1. The van der Waals surface area contributed by atoms with Crippen molar-refractivity contribution in [2.75, 3.05) is 17.7 Å². The van der Waals surface area contributed by atoms with Crippen molar-refractivity contribution in [3.8, 4) is 5.75 Å². The number of carbonyl (C=O) groups is 3. The lowest BCUT2D eigenvalue weighted by Crippen LogP contribution is -2.44. The van der Waals surface area contributed by atoms with E-state index in [-0.39, 0.29) is 11.8 Å². The van der Waals surface area contributed by atoms with Crippen LogP contribution in [-0.2, 0) is 14.3 Å². The maximum absolute atomic E-state index is 13.3. The van der Waals surface area contributed by atoms with Crippen LogP contribution in [0, 0.1) is 23.7 Å². The molecule has 2 rings (SSSR count). The number of ether oxygens (including phenoxy) is 2. The average molecular weight is 476 g/mol. The number of hydrogen-bond acceptors (Lipinski definition) is 5. The molecule has 0 heterocycles. The van der Waals surface area contributed by atoms with E-state index in [1.807, 2.05) is 0 Å². The van der Waals surface area contributed by atoms with E-state index in [1.165, 1.54) is 7.11 Å². The van der Waals surface area contributed by atoms with Crippen molar-refractivity contribution in [1.82, 2.24) is 5.32 Å². The zero-order valence-electron chi connectivity index (χ0n) is 21.8. The molecule has 1 saturated carbocycles. The summed E-state index contributed by atoms with van der Waals surface area (Å²) in [5.41, 5.74) is 0.222. The molecule has 1 aromatic carbocycles. The molecule has 0 aliphatic heterocycles. The molecule has 190 valence electrons. The van der Waals surface area contributed by atoms with Gasteiger partial charge < -0.3 is 25.4 Å². The van der Waals surface area contributed by atoms with Crippen LogP contribution in [-0.4, -0.2) is 36.7 Å². The first-order valence-corrected chi connectivity index (χ1v) is 12.1. The van der Waals surface area contributed by atoms with E-state index in [0.29, 0.717) is 34.9 Å². The topological polar surface area (TPSA) is 106 Å². The molecule has 1 fully saturated rings. The van der Waals surface area contributed by atoms with Crippen molar-refractivity contribution in [3.05, 3.63) is 18.2 Å². The Labute approximate surface area is 203 Å². The van der Waals surface area contributed by atoms with E-state index < -0.39 is 23.6 Å². The molecule has 2 unspecified atom stereocenters. The van der Waals surface area contributed by atoms with Gasteiger partial charge in [0.05, 0.1) is 18.5 Å². The molecule has 3 amide bonds. The predicted octanol–water partition coefficient (Wildman–Crippen LogP) is 5.19. The highest BCUT2D eigenvalue weighted by Gasteiger charge is 2.35. The summed E-state index contributed by atoms with van der Waals surface area (Å²) < 4.78 is 10.5. The predicted molar refractivity (Wildman–Crippen MR) is 134 cm³/mol. The Balaban J connectivity index is 2.17. The van der Waals surface area contributed by atoms with Gasteiger partial charge in [-0.3, -0.25) is 9.59 Å². The third kappa shape index (κ3) is 7.92. The van der Waals surface area contributed by atoms with Gasteiger partial charge in [-0.05, 0) is 70.4 Å². The van der Waals surface area contributed by atoms with Gasteiger partial charge in [-0.2, -0.15) is 0 Å². The Morgan fingerprint density at radius 2 is 1.71 bits per heavy atom. The van der Waals surface area contributed by atoms with E-state index in [1.54, 1.807) is 45.9 Å². The van der Waals surface area contributed by atoms with Gasteiger partial charge in [0.15, 0.2) is 0 Å². The summed E-state index contributed by atoms with van der Waals surface area (Å²) in [5, 5.41) is 8.36. The lowest BCUT2D eigenvalue weighted by Gasteiger charge is -2.36. The van der Waals surface area contributed by atoms with E-state index in [9.17, 15) is 14.4 Å². The molecule has 0 spiro atoms. The van der Waals surface area contributed by atoms with Gasteiger partial charge in [0.25, 0.3) is 0 Å². The fraction of sp³-hybridized carbons (Fsp3) is 0.654. The Bertz CT molecular complexity index is 878. The van der Waals surface area contributed by atoms with Crippen molar-refractivity contribution in [2.45, 2.75) is 79.4 Å². The molecule has 0 radical (unpaired) electrons. The number of alkyl carbamates (subject to hydrolysis) is 1. The average Bonchev–Trinajstić information content (AvgIpc) is 2.72. The molecule has 0 saturated heterocycles. The normalized spacial score (nSPS) is 21.4. The largest absolute Gasteiger partial charge is 0.497 e. The smallest absolute Gasteiger partial charge is 0.408 e. The molecular weight excluding hydrogens is 434 g/mol. The first-order valence-electron chi connectivity index (χ1n) is 12.1. The number of amides is 3. The number of hydrogen-bond donors (Lipinski definition) is 3.